The molecule has 1 amide bonds. The molecule has 0 saturated heterocycles. The second-order valence-corrected chi connectivity index (χ2v) is 7.85. The van der Waals surface area contributed by atoms with Crippen LogP contribution >= 0.6 is 15.9 Å². The fourth-order valence-electron chi connectivity index (χ4n) is 3.44. The molecule has 4 heteroatoms. The number of carbonyl (C=O) groups is 1. The van der Waals surface area contributed by atoms with Crippen molar-refractivity contribution in [1.82, 2.24) is 5.32 Å². The third-order valence-corrected chi connectivity index (χ3v) is 5.32. The van der Waals surface area contributed by atoms with Gasteiger partial charge in [-0.25, -0.2) is 4.39 Å². The van der Waals surface area contributed by atoms with Crippen molar-refractivity contribution in [2.24, 2.45) is 0 Å². The molecule has 0 radical (unpaired) electrons. The van der Waals surface area contributed by atoms with E-state index in [9.17, 15) is 9.18 Å². The smallest absolute Gasteiger partial charge is 0.224 e. The van der Waals surface area contributed by atoms with Gasteiger partial charge in [-0.05, 0) is 36.6 Å². The zero-order valence-corrected chi connectivity index (χ0v) is 16.0. The molecule has 0 unspecified atom stereocenters. The summed E-state index contributed by atoms with van der Waals surface area (Å²) in [6, 6.07) is 4.99. The zero-order chi connectivity index (χ0) is 17.2. The maximum Gasteiger partial charge on any atom is 0.224 e. The topological polar surface area (TPSA) is 29.1 Å². The van der Waals surface area contributed by atoms with Gasteiger partial charge in [-0.3, -0.25) is 4.79 Å². The first-order valence-electron chi connectivity index (χ1n) is 9.38. The van der Waals surface area contributed by atoms with E-state index in [0.29, 0.717) is 5.56 Å². The quantitative estimate of drug-likeness (QED) is 0.673. The van der Waals surface area contributed by atoms with E-state index < -0.39 is 0 Å². The highest BCUT2D eigenvalue weighted by molar-refractivity contribution is 9.10. The van der Waals surface area contributed by atoms with Crippen molar-refractivity contribution >= 4 is 21.8 Å². The molecule has 1 N–H and O–H groups in total. The summed E-state index contributed by atoms with van der Waals surface area (Å²) >= 11 is 3.34. The average Bonchev–Trinajstić information content (AvgIpc) is 2.53. The molecule has 134 valence electrons. The molecule has 1 fully saturated rings. The minimum atomic E-state index is -0.313. The van der Waals surface area contributed by atoms with Crippen molar-refractivity contribution in [3.05, 3.63) is 34.1 Å². The van der Waals surface area contributed by atoms with Crippen molar-refractivity contribution in [2.75, 3.05) is 0 Å². The molecule has 0 aliphatic heterocycles. The normalized spacial score (nSPS) is 18.4. The summed E-state index contributed by atoms with van der Waals surface area (Å²) in [5, 5.41) is 3.15. The lowest BCUT2D eigenvalue weighted by Gasteiger charge is -2.20. The van der Waals surface area contributed by atoms with Gasteiger partial charge in [0.25, 0.3) is 0 Å². The van der Waals surface area contributed by atoms with Crippen molar-refractivity contribution < 1.29 is 9.18 Å². The minimum absolute atomic E-state index is 0.0657. The van der Waals surface area contributed by atoms with Crippen molar-refractivity contribution in [1.29, 1.82) is 0 Å². The lowest BCUT2D eigenvalue weighted by atomic mass is 9.97. The van der Waals surface area contributed by atoms with Crippen molar-refractivity contribution in [3.63, 3.8) is 0 Å². The van der Waals surface area contributed by atoms with E-state index in [2.05, 4.69) is 21.2 Å². The third-order valence-electron chi connectivity index (χ3n) is 4.83. The van der Waals surface area contributed by atoms with Gasteiger partial charge in [-0.2, -0.15) is 0 Å². The monoisotopic (exact) mass is 397 g/mol. The van der Waals surface area contributed by atoms with Crippen LogP contribution in [0.4, 0.5) is 4.39 Å². The number of hydrogen-bond donors (Lipinski definition) is 1. The Balaban J connectivity index is 1.85. The zero-order valence-electron chi connectivity index (χ0n) is 14.5. The Kier molecular flexibility index (Phi) is 8.79. The number of amides is 1. The van der Waals surface area contributed by atoms with E-state index >= 15 is 0 Å². The van der Waals surface area contributed by atoms with Gasteiger partial charge in [0.15, 0.2) is 0 Å². The molecule has 2 rings (SSSR count). The number of hydrogen-bond acceptors (Lipinski definition) is 1. The molecule has 1 aliphatic rings. The summed E-state index contributed by atoms with van der Waals surface area (Å²) in [6.07, 6.45) is 13.8. The highest BCUT2D eigenvalue weighted by Crippen LogP contribution is 2.18. The molecule has 24 heavy (non-hydrogen) atoms. The number of nitrogens with one attached hydrogen (secondary N) is 1. The largest absolute Gasteiger partial charge is 0.353 e. The molecule has 0 atom stereocenters. The highest BCUT2D eigenvalue weighted by atomic mass is 79.9. The SMILES string of the molecule is O=C(Cc1cc(Br)ccc1F)NC1CCCCCCCCCCC1. The molecular weight excluding hydrogens is 369 g/mol. The van der Waals surface area contributed by atoms with Crippen LogP contribution in [0.25, 0.3) is 0 Å². The highest BCUT2D eigenvalue weighted by Gasteiger charge is 2.15. The first-order valence-corrected chi connectivity index (χ1v) is 10.2. The van der Waals surface area contributed by atoms with Crippen LogP contribution < -0.4 is 5.32 Å². The number of halogens is 2. The van der Waals surface area contributed by atoms with E-state index in [1.54, 1.807) is 12.1 Å². The van der Waals surface area contributed by atoms with Crippen LogP contribution in [0.15, 0.2) is 22.7 Å². The van der Waals surface area contributed by atoms with Crippen LogP contribution in [0.5, 0.6) is 0 Å². The molecule has 0 spiro atoms. The van der Waals surface area contributed by atoms with E-state index in [0.717, 1.165) is 17.3 Å². The summed E-state index contributed by atoms with van der Waals surface area (Å²) in [5.74, 6) is -0.379. The van der Waals surface area contributed by atoms with Crippen LogP contribution in [0.3, 0.4) is 0 Å². The molecule has 1 aromatic carbocycles. The molecule has 0 bridgehead atoms. The lowest BCUT2D eigenvalue weighted by Crippen LogP contribution is -2.36. The predicted molar refractivity (Wildman–Crippen MR) is 101 cm³/mol. The summed E-state index contributed by atoms with van der Waals surface area (Å²) in [5.41, 5.74) is 0.454. The van der Waals surface area contributed by atoms with Crippen LogP contribution in [-0.2, 0) is 11.2 Å². The summed E-state index contributed by atoms with van der Waals surface area (Å²) in [7, 11) is 0. The van der Waals surface area contributed by atoms with Gasteiger partial charge in [0.2, 0.25) is 5.91 Å². The first-order chi connectivity index (χ1) is 11.6. The number of carbonyl (C=O) groups excluding carboxylic acids is 1. The maximum atomic E-state index is 13.8. The summed E-state index contributed by atoms with van der Waals surface area (Å²) in [4.78, 5) is 12.3. The van der Waals surface area contributed by atoms with E-state index in [4.69, 9.17) is 0 Å². The number of rotatable bonds is 3. The number of benzene rings is 1. The van der Waals surface area contributed by atoms with E-state index in [1.165, 1.54) is 63.9 Å². The molecule has 2 nitrogen and oxygen atoms in total. The van der Waals surface area contributed by atoms with Gasteiger partial charge in [-0.15, -0.1) is 0 Å². The van der Waals surface area contributed by atoms with Gasteiger partial charge in [0.05, 0.1) is 6.42 Å². The van der Waals surface area contributed by atoms with Crippen molar-refractivity contribution in [3.8, 4) is 0 Å². The van der Waals surface area contributed by atoms with Crippen LogP contribution in [0, 0.1) is 5.82 Å². The molecule has 0 heterocycles. The summed E-state index contributed by atoms with van der Waals surface area (Å²) < 4.78 is 14.6. The molecular formula is C20H29BrFNO. The van der Waals surface area contributed by atoms with Crippen LogP contribution in [0.1, 0.15) is 76.2 Å². The Morgan fingerprint density at radius 1 is 1.00 bits per heavy atom. The van der Waals surface area contributed by atoms with Crippen LogP contribution in [-0.4, -0.2) is 11.9 Å². The standard InChI is InChI=1S/C20H29BrFNO/c21-17-12-13-19(22)16(14-17)15-20(24)23-18-10-8-6-4-2-1-3-5-7-9-11-18/h12-14,18H,1-11,15H2,(H,23,24). The fourth-order valence-corrected chi connectivity index (χ4v) is 3.85. The van der Waals surface area contributed by atoms with Gasteiger partial charge >= 0.3 is 0 Å². The molecule has 1 saturated carbocycles. The second kappa shape index (κ2) is 10.9. The Labute approximate surface area is 153 Å². The average molecular weight is 398 g/mol. The van der Waals surface area contributed by atoms with E-state index in [-0.39, 0.29) is 24.2 Å². The molecule has 1 aromatic rings. The Hall–Kier alpha value is -0.900. The maximum absolute atomic E-state index is 13.8. The summed E-state index contributed by atoms with van der Waals surface area (Å²) in [6.45, 7) is 0. The molecule has 0 aromatic heterocycles. The molecule has 1 aliphatic carbocycles. The third kappa shape index (κ3) is 7.33. The Bertz CT molecular complexity index is 508. The Morgan fingerprint density at radius 2 is 1.54 bits per heavy atom. The lowest BCUT2D eigenvalue weighted by molar-refractivity contribution is -0.121. The van der Waals surface area contributed by atoms with Crippen molar-refractivity contribution in [2.45, 2.75) is 83.1 Å². The van der Waals surface area contributed by atoms with Gasteiger partial charge in [0, 0.05) is 10.5 Å². The van der Waals surface area contributed by atoms with Gasteiger partial charge in [0.1, 0.15) is 5.82 Å². The first kappa shape index (κ1) is 19.4. The fraction of sp³-hybridized carbons (Fsp3) is 0.650. The minimum Gasteiger partial charge on any atom is -0.353 e. The Morgan fingerprint density at radius 3 is 2.12 bits per heavy atom. The second-order valence-electron chi connectivity index (χ2n) is 6.94. The van der Waals surface area contributed by atoms with E-state index in [1.807, 2.05) is 0 Å². The van der Waals surface area contributed by atoms with Gasteiger partial charge < -0.3 is 5.32 Å². The van der Waals surface area contributed by atoms with Gasteiger partial charge in [-0.1, -0.05) is 73.7 Å². The predicted octanol–water partition coefficient (Wildman–Crippen LogP) is 5.92. The van der Waals surface area contributed by atoms with Crippen LogP contribution in [0.2, 0.25) is 0 Å².